The number of fused-ring (bicyclic) bond motifs is 3. The van der Waals surface area contributed by atoms with Crippen molar-refractivity contribution in [2.45, 2.75) is 33.6 Å². The summed E-state index contributed by atoms with van der Waals surface area (Å²) in [6.45, 7) is 6.39. The van der Waals surface area contributed by atoms with Gasteiger partial charge in [0.2, 0.25) is 0 Å². The first-order valence-corrected chi connectivity index (χ1v) is 9.02. The fourth-order valence-corrected chi connectivity index (χ4v) is 3.45. The number of nitrogens with two attached hydrogens (primary N) is 1. The Morgan fingerprint density at radius 3 is 2.42 bits per heavy atom. The van der Waals surface area contributed by atoms with E-state index in [1.54, 1.807) is 0 Å². The lowest BCUT2D eigenvalue weighted by Crippen LogP contribution is -1.98. The molecule has 3 heteroatoms. The van der Waals surface area contributed by atoms with E-state index in [1.165, 1.54) is 27.8 Å². The zero-order valence-corrected chi connectivity index (χ0v) is 15.5. The quantitative estimate of drug-likeness (QED) is 0.529. The molecule has 130 valence electrons. The molecule has 0 saturated heterocycles. The van der Waals surface area contributed by atoms with E-state index >= 15 is 0 Å². The van der Waals surface area contributed by atoms with E-state index in [0.29, 0.717) is 5.82 Å². The molecule has 4 aromatic rings. The maximum atomic E-state index is 6.14. The Kier molecular flexibility index (Phi) is 4.08. The largest absolute Gasteiger partial charge is 0.382 e. The summed E-state index contributed by atoms with van der Waals surface area (Å²) >= 11 is 0. The third-order valence-electron chi connectivity index (χ3n) is 5.14. The number of nitrogen functional groups attached to an aromatic ring is 1. The second kappa shape index (κ2) is 6.41. The van der Waals surface area contributed by atoms with Crippen LogP contribution in [0.3, 0.4) is 0 Å². The van der Waals surface area contributed by atoms with Crippen LogP contribution in [0.25, 0.3) is 21.8 Å². The molecule has 26 heavy (non-hydrogen) atoms. The van der Waals surface area contributed by atoms with Crippen LogP contribution in [-0.2, 0) is 12.8 Å². The Hall–Kier alpha value is -2.94. The van der Waals surface area contributed by atoms with Crippen LogP contribution in [0.1, 0.15) is 27.8 Å². The third kappa shape index (κ3) is 3.01. The van der Waals surface area contributed by atoms with Gasteiger partial charge in [0.25, 0.3) is 0 Å². The minimum absolute atomic E-state index is 0.499. The first-order chi connectivity index (χ1) is 12.5. The van der Waals surface area contributed by atoms with Crippen molar-refractivity contribution in [3.63, 3.8) is 0 Å². The van der Waals surface area contributed by atoms with Gasteiger partial charge in [0.15, 0.2) is 5.82 Å². The van der Waals surface area contributed by atoms with Crippen LogP contribution in [0, 0.1) is 20.8 Å². The van der Waals surface area contributed by atoms with E-state index in [4.69, 9.17) is 5.73 Å². The normalized spacial score (nSPS) is 11.3. The van der Waals surface area contributed by atoms with Gasteiger partial charge in [-0.2, -0.15) is 0 Å². The minimum Gasteiger partial charge on any atom is -0.382 e. The summed E-state index contributed by atoms with van der Waals surface area (Å²) in [5.74, 6) is 0.499. The van der Waals surface area contributed by atoms with E-state index in [-0.39, 0.29) is 0 Å². The molecule has 0 aliphatic carbocycles. The predicted molar refractivity (Wildman–Crippen MR) is 110 cm³/mol. The molecule has 0 aliphatic rings. The van der Waals surface area contributed by atoms with Crippen molar-refractivity contribution in [3.8, 4) is 0 Å². The number of aromatic nitrogens is 2. The number of hydrogen-bond acceptors (Lipinski definition) is 3. The lowest BCUT2D eigenvalue weighted by Gasteiger charge is -2.09. The summed E-state index contributed by atoms with van der Waals surface area (Å²) in [5.41, 5.74) is 14.3. The smallest absolute Gasteiger partial charge is 0.150 e. The first kappa shape index (κ1) is 16.5. The number of pyridine rings is 2. The fourth-order valence-electron chi connectivity index (χ4n) is 3.45. The van der Waals surface area contributed by atoms with E-state index < -0.39 is 0 Å². The fraction of sp³-hybridized carbons (Fsp3) is 0.217. The number of rotatable bonds is 3. The summed E-state index contributed by atoms with van der Waals surface area (Å²) in [6, 6.07) is 15.2. The average molecular weight is 341 g/mol. The predicted octanol–water partition coefficient (Wildman–Crippen LogP) is 5.08. The zero-order chi connectivity index (χ0) is 18.3. The zero-order valence-electron chi connectivity index (χ0n) is 15.5. The van der Waals surface area contributed by atoms with Gasteiger partial charge in [-0.25, -0.2) is 4.98 Å². The van der Waals surface area contributed by atoms with Gasteiger partial charge in [0.05, 0.1) is 5.52 Å². The molecular formula is C23H23N3. The Morgan fingerprint density at radius 1 is 0.808 bits per heavy atom. The van der Waals surface area contributed by atoms with Crippen LogP contribution in [0.5, 0.6) is 0 Å². The van der Waals surface area contributed by atoms with Crippen molar-refractivity contribution in [3.05, 3.63) is 76.5 Å². The van der Waals surface area contributed by atoms with E-state index in [0.717, 1.165) is 34.6 Å². The molecule has 4 rings (SSSR count). The third-order valence-corrected chi connectivity index (χ3v) is 5.14. The maximum Gasteiger partial charge on any atom is 0.150 e. The number of aryl methyl sites for hydroxylation is 5. The van der Waals surface area contributed by atoms with Crippen LogP contribution in [0.4, 0.5) is 5.82 Å². The molecule has 0 aliphatic heterocycles. The van der Waals surface area contributed by atoms with Crippen molar-refractivity contribution >= 4 is 27.6 Å². The number of hydrogen-bond donors (Lipinski definition) is 1. The van der Waals surface area contributed by atoms with Crippen LogP contribution < -0.4 is 5.73 Å². The molecule has 2 N–H and O–H groups in total. The molecule has 2 aromatic heterocycles. The van der Waals surface area contributed by atoms with Crippen LogP contribution >= 0.6 is 0 Å². The molecule has 0 amide bonds. The lowest BCUT2D eigenvalue weighted by atomic mass is 10.00. The summed E-state index contributed by atoms with van der Waals surface area (Å²) in [7, 11) is 0. The molecule has 3 nitrogen and oxygen atoms in total. The number of anilines is 1. The molecule has 0 atom stereocenters. The minimum atomic E-state index is 0.499. The van der Waals surface area contributed by atoms with Gasteiger partial charge in [-0.1, -0.05) is 30.3 Å². The van der Waals surface area contributed by atoms with Crippen molar-refractivity contribution in [1.82, 2.24) is 9.97 Å². The molecule has 0 fully saturated rings. The van der Waals surface area contributed by atoms with E-state index in [1.807, 2.05) is 6.20 Å². The average Bonchev–Trinajstić information content (AvgIpc) is 2.62. The molecule has 0 saturated carbocycles. The van der Waals surface area contributed by atoms with Gasteiger partial charge in [0.1, 0.15) is 5.52 Å². The molecule has 0 unspecified atom stereocenters. The summed E-state index contributed by atoms with van der Waals surface area (Å²) in [4.78, 5) is 9.13. The number of nitrogens with zero attached hydrogens (tertiary/aromatic N) is 2. The summed E-state index contributed by atoms with van der Waals surface area (Å²) < 4.78 is 0. The van der Waals surface area contributed by atoms with E-state index in [2.05, 4.69) is 73.2 Å². The van der Waals surface area contributed by atoms with Gasteiger partial charge in [-0.15, -0.1) is 0 Å². The van der Waals surface area contributed by atoms with Crippen LogP contribution in [-0.4, -0.2) is 9.97 Å². The molecule has 0 radical (unpaired) electrons. The van der Waals surface area contributed by atoms with Gasteiger partial charge in [-0.3, -0.25) is 4.98 Å². The van der Waals surface area contributed by atoms with Crippen LogP contribution in [0.15, 0.2) is 48.7 Å². The first-order valence-electron chi connectivity index (χ1n) is 9.02. The highest BCUT2D eigenvalue weighted by Crippen LogP contribution is 2.28. The summed E-state index contributed by atoms with van der Waals surface area (Å²) in [5, 5.41) is 2.20. The Labute approximate surface area is 153 Å². The standard InChI is InChI=1S/C23H23N3/c1-14-4-9-19-20-12-18(8-7-17-6-5-15(2)16(3)11-17)13-25-22(20)23(24)26-21(19)10-14/h4-6,9-13H,7-8H2,1-3H3,(H2,24,26). The van der Waals surface area contributed by atoms with E-state index in [9.17, 15) is 0 Å². The van der Waals surface area contributed by atoms with Gasteiger partial charge >= 0.3 is 0 Å². The monoisotopic (exact) mass is 341 g/mol. The van der Waals surface area contributed by atoms with Crippen molar-refractivity contribution in [2.24, 2.45) is 0 Å². The highest BCUT2D eigenvalue weighted by Gasteiger charge is 2.09. The highest BCUT2D eigenvalue weighted by molar-refractivity contribution is 6.08. The molecule has 0 spiro atoms. The topological polar surface area (TPSA) is 51.8 Å². The van der Waals surface area contributed by atoms with Crippen LogP contribution in [0.2, 0.25) is 0 Å². The Bertz CT molecular complexity index is 1130. The molecule has 0 bridgehead atoms. The Morgan fingerprint density at radius 2 is 1.62 bits per heavy atom. The highest BCUT2D eigenvalue weighted by atomic mass is 14.9. The van der Waals surface area contributed by atoms with Gasteiger partial charge in [-0.05, 0) is 73.6 Å². The summed E-state index contributed by atoms with van der Waals surface area (Å²) in [6.07, 6.45) is 3.90. The van der Waals surface area contributed by atoms with Crippen molar-refractivity contribution < 1.29 is 0 Å². The second-order valence-electron chi connectivity index (χ2n) is 7.18. The van der Waals surface area contributed by atoms with Crippen molar-refractivity contribution in [1.29, 1.82) is 0 Å². The molecule has 2 aromatic carbocycles. The van der Waals surface area contributed by atoms with Gasteiger partial charge < -0.3 is 5.73 Å². The second-order valence-corrected chi connectivity index (χ2v) is 7.18. The SMILES string of the molecule is Cc1ccc2c(c1)nc(N)c1ncc(CCc3ccc(C)c(C)c3)cc12. The molecule has 2 heterocycles. The Balaban J connectivity index is 1.72. The molecular weight excluding hydrogens is 318 g/mol. The maximum absolute atomic E-state index is 6.14. The lowest BCUT2D eigenvalue weighted by molar-refractivity contribution is 0.951. The van der Waals surface area contributed by atoms with Crippen molar-refractivity contribution in [2.75, 3.05) is 5.73 Å². The van der Waals surface area contributed by atoms with Gasteiger partial charge in [0, 0.05) is 17.0 Å². The number of benzene rings is 2.